The molecule has 0 aliphatic heterocycles. The van der Waals surface area contributed by atoms with Crippen LogP contribution in [0.2, 0.25) is 0 Å². The summed E-state index contributed by atoms with van der Waals surface area (Å²) in [4.78, 5) is 12.5. The first-order valence-corrected chi connectivity index (χ1v) is 26.8. The number of aliphatic hydroxyl groups is 3. The number of allylic oxidation sites excluding steroid dienone is 5. The van der Waals surface area contributed by atoms with E-state index in [1.807, 2.05) is 6.08 Å². The SMILES string of the molecule is CCCCCCCCCCC/C=C\C/C=C\CCCCCCCCCC(O)CC(=O)NC(CO)C(O)/C=C/CCCCCCCCCCCCCCCCCCCCCC. The first kappa shape index (κ1) is 58.6. The van der Waals surface area contributed by atoms with Crippen LogP contribution in [0.15, 0.2) is 36.5 Å². The quantitative estimate of drug-likeness (QED) is 0.0363. The maximum Gasteiger partial charge on any atom is 0.222 e. The maximum atomic E-state index is 12.5. The number of carbonyl (C=O) groups excluding carboxylic acids is 1. The lowest BCUT2D eigenvalue weighted by molar-refractivity contribution is -0.124. The van der Waals surface area contributed by atoms with Crippen LogP contribution >= 0.6 is 0 Å². The summed E-state index contributed by atoms with van der Waals surface area (Å²) in [5.74, 6) is -0.317. The van der Waals surface area contributed by atoms with Crippen molar-refractivity contribution in [3.8, 4) is 0 Å². The average Bonchev–Trinajstić information content (AvgIpc) is 3.24. The zero-order chi connectivity index (χ0) is 43.7. The Kier molecular flexibility index (Phi) is 49.0. The van der Waals surface area contributed by atoms with E-state index >= 15 is 0 Å². The highest BCUT2D eigenvalue weighted by Crippen LogP contribution is 2.17. The number of nitrogens with one attached hydrogen (secondary N) is 1. The molecule has 1 amide bonds. The van der Waals surface area contributed by atoms with Crippen molar-refractivity contribution < 1.29 is 20.1 Å². The molecule has 0 aliphatic rings. The van der Waals surface area contributed by atoms with Gasteiger partial charge in [-0.3, -0.25) is 4.79 Å². The fourth-order valence-corrected chi connectivity index (χ4v) is 8.31. The van der Waals surface area contributed by atoms with Crippen molar-refractivity contribution in [2.24, 2.45) is 0 Å². The monoisotopic (exact) mass is 844 g/mol. The molecule has 5 heteroatoms. The summed E-state index contributed by atoms with van der Waals surface area (Å²) in [7, 11) is 0. The van der Waals surface area contributed by atoms with Crippen molar-refractivity contribution >= 4 is 5.91 Å². The lowest BCUT2D eigenvalue weighted by Gasteiger charge is -2.21. The van der Waals surface area contributed by atoms with Gasteiger partial charge >= 0.3 is 0 Å². The van der Waals surface area contributed by atoms with Crippen molar-refractivity contribution in [1.29, 1.82) is 0 Å². The highest BCUT2D eigenvalue weighted by Gasteiger charge is 2.20. The Morgan fingerprint density at radius 2 is 0.750 bits per heavy atom. The van der Waals surface area contributed by atoms with E-state index in [-0.39, 0.29) is 18.9 Å². The van der Waals surface area contributed by atoms with Gasteiger partial charge in [-0.25, -0.2) is 0 Å². The van der Waals surface area contributed by atoms with E-state index < -0.39 is 18.2 Å². The molecule has 0 saturated heterocycles. The minimum Gasteiger partial charge on any atom is -0.394 e. The lowest BCUT2D eigenvalue weighted by atomic mass is 10.0. The van der Waals surface area contributed by atoms with Gasteiger partial charge in [0.15, 0.2) is 0 Å². The smallest absolute Gasteiger partial charge is 0.222 e. The summed E-state index contributed by atoms with van der Waals surface area (Å²) in [6, 6.07) is -0.748. The Bertz CT molecular complexity index is 931. The molecule has 0 spiro atoms. The second-order valence-corrected chi connectivity index (χ2v) is 18.5. The largest absolute Gasteiger partial charge is 0.394 e. The number of hydrogen-bond acceptors (Lipinski definition) is 4. The Balaban J connectivity index is 3.62. The van der Waals surface area contributed by atoms with Crippen LogP contribution in [-0.4, -0.2) is 46.1 Å². The Hall–Kier alpha value is -1.43. The standard InChI is InChI=1S/C55H105NO4/c1-3-5-7-9-11-13-15-17-19-21-23-25-27-28-30-32-34-36-38-40-42-44-46-48-52(58)50-55(60)56-53(51-57)54(59)49-47-45-43-41-39-37-35-33-31-29-26-24-22-20-18-16-14-12-10-8-6-4-2/h23,25,28,30,47,49,52-54,57-59H,3-22,24,26-27,29,31-46,48,50-51H2,1-2H3,(H,56,60)/b25-23-,30-28-,49-47+. The number of hydrogen-bond donors (Lipinski definition) is 4. The van der Waals surface area contributed by atoms with E-state index in [1.165, 1.54) is 225 Å². The lowest BCUT2D eigenvalue weighted by Crippen LogP contribution is -2.45. The number of unbranched alkanes of at least 4 members (excludes halogenated alkanes) is 36. The minimum atomic E-state index is -0.932. The Morgan fingerprint density at radius 3 is 1.10 bits per heavy atom. The maximum absolute atomic E-state index is 12.5. The molecule has 5 nitrogen and oxygen atoms in total. The van der Waals surface area contributed by atoms with Crippen LogP contribution in [0.5, 0.6) is 0 Å². The van der Waals surface area contributed by atoms with Crippen molar-refractivity contribution in [3.63, 3.8) is 0 Å². The van der Waals surface area contributed by atoms with Gasteiger partial charge in [0.1, 0.15) is 0 Å². The van der Waals surface area contributed by atoms with E-state index in [2.05, 4.69) is 43.5 Å². The van der Waals surface area contributed by atoms with Crippen LogP contribution in [-0.2, 0) is 4.79 Å². The molecule has 0 aromatic rings. The molecule has 354 valence electrons. The minimum absolute atomic E-state index is 0.00888. The van der Waals surface area contributed by atoms with Gasteiger partial charge in [0, 0.05) is 0 Å². The van der Waals surface area contributed by atoms with Crippen LogP contribution in [0.3, 0.4) is 0 Å². The molecular weight excluding hydrogens is 739 g/mol. The molecule has 0 aromatic heterocycles. The zero-order valence-corrected chi connectivity index (χ0v) is 40.4. The molecule has 0 aliphatic carbocycles. The zero-order valence-electron chi connectivity index (χ0n) is 40.4. The average molecular weight is 844 g/mol. The van der Waals surface area contributed by atoms with Gasteiger partial charge in [-0.05, 0) is 51.4 Å². The third-order valence-corrected chi connectivity index (χ3v) is 12.4. The Labute approximate surface area is 374 Å². The van der Waals surface area contributed by atoms with E-state index in [0.29, 0.717) is 6.42 Å². The summed E-state index contributed by atoms with van der Waals surface area (Å²) >= 11 is 0. The molecule has 60 heavy (non-hydrogen) atoms. The second kappa shape index (κ2) is 50.2. The summed E-state index contributed by atoms with van der Waals surface area (Å²) in [5, 5.41) is 33.4. The molecule has 0 bridgehead atoms. The number of rotatable bonds is 49. The van der Waals surface area contributed by atoms with Gasteiger partial charge in [-0.1, -0.05) is 262 Å². The highest BCUT2D eigenvalue weighted by molar-refractivity contribution is 5.76. The van der Waals surface area contributed by atoms with Crippen LogP contribution in [0, 0.1) is 0 Å². The predicted octanol–water partition coefficient (Wildman–Crippen LogP) is 16.3. The van der Waals surface area contributed by atoms with E-state index in [1.54, 1.807) is 6.08 Å². The Morgan fingerprint density at radius 1 is 0.433 bits per heavy atom. The molecule has 3 atom stereocenters. The van der Waals surface area contributed by atoms with Crippen LogP contribution in [0.25, 0.3) is 0 Å². The molecule has 0 rings (SSSR count). The number of carbonyl (C=O) groups is 1. The molecule has 0 radical (unpaired) electrons. The normalized spacial score (nSPS) is 13.6. The fraction of sp³-hybridized carbons (Fsp3) is 0.873. The highest BCUT2D eigenvalue weighted by atomic mass is 16.3. The van der Waals surface area contributed by atoms with Gasteiger partial charge in [-0.15, -0.1) is 0 Å². The van der Waals surface area contributed by atoms with Crippen LogP contribution in [0.4, 0.5) is 0 Å². The summed E-state index contributed by atoms with van der Waals surface area (Å²) in [5.41, 5.74) is 0. The van der Waals surface area contributed by atoms with Crippen molar-refractivity contribution in [1.82, 2.24) is 5.32 Å². The van der Waals surface area contributed by atoms with Gasteiger partial charge in [-0.2, -0.15) is 0 Å². The third kappa shape index (κ3) is 46.1. The first-order chi connectivity index (χ1) is 29.5. The van der Waals surface area contributed by atoms with E-state index in [9.17, 15) is 20.1 Å². The van der Waals surface area contributed by atoms with Crippen molar-refractivity contribution in [2.75, 3.05) is 6.61 Å². The summed E-state index contributed by atoms with van der Waals surface area (Å²) in [6.45, 7) is 4.24. The van der Waals surface area contributed by atoms with Gasteiger partial charge in [0.05, 0.1) is 31.3 Å². The van der Waals surface area contributed by atoms with Gasteiger partial charge in [0.25, 0.3) is 0 Å². The van der Waals surface area contributed by atoms with Crippen molar-refractivity contribution in [2.45, 2.75) is 302 Å². The predicted molar refractivity (Wildman–Crippen MR) is 264 cm³/mol. The molecular formula is C55H105NO4. The third-order valence-electron chi connectivity index (χ3n) is 12.4. The number of aliphatic hydroxyl groups excluding tert-OH is 3. The fourth-order valence-electron chi connectivity index (χ4n) is 8.31. The van der Waals surface area contributed by atoms with Gasteiger partial charge < -0.3 is 20.6 Å². The van der Waals surface area contributed by atoms with E-state index in [4.69, 9.17) is 0 Å². The molecule has 0 fully saturated rings. The van der Waals surface area contributed by atoms with Gasteiger partial charge in [0.2, 0.25) is 5.91 Å². The summed E-state index contributed by atoms with van der Waals surface area (Å²) in [6.07, 6.45) is 64.6. The van der Waals surface area contributed by atoms with Crippen molar-refractivity contribution in [3.05, 3.63) is 36.5 Å². The topological polar surface area (TPSA) is 89.8 Å². The van der Waals surface area contributed by atoms with E-state index in [0.717, 1.165) is 32.1 Å². The molecule has 4 N–H and O–H groups in total. The number of amides is 1. The molecule has 3 unspecified atom stereocenters. The molecule has 0 saturated carbocycles. The second-order valence-electron chi connectivity index (χ2n) is 18.5. The van der Waals surface area contributed by atoms with Crippen LogP contribution in [0.1, 0.15) is 284 Å². The first-order valence-electron chi connectivity index (χ1n) is 26.8. The van der Waals surface area contributed by atoms with Crippen LogP contribution < -0.4 is 5.32 Å². The molecule has 0 heterocycles. The molecule has 0 aromatic carbocycles. The summed E-state index contributed by atoms with van der Waals surface area (Å²) < 4.78 is 0.